The van der Waals surface area contributed by atoms with E-state index < -0.39 is 0 Å². The highest BCUT2D eigenvalue weighted by Crippen LogP contribution is 2.35. The first-order valence-electron chi connectivity index (χ1n) is 9.15. The van der Waals surface area contributed by atoms with Crippen molar-refractivity contribution in [2.75, 3.05) is 46.4 Å². The predicted octanol–water partition coefficient (Wildman–Crippen LogP) is -1.63. The Morgan fingerprint density at radius 3 is 2.59 bits per heavy atom. The molecule has 8 nitrogen and oxygen atoms in total. The number of aromatic hydroxyl groups is 1. The minimum atomic E-state index is 0.0140. The van der Waals surface area contributed by atoms with Gasteiger partial charge in [0, 0.05) is 5.56 Å². The fourth-order valence-electron chi connectivity index (χ4n) is 3.87. The van der Waals surface area contributed by atoms with Crippen molar-refractivity contribution in [3.05, 3.63) is 41.0 Å². The van der Waals surface area contributed by atoms with Crippen LogP contribution in [0.4, 0.5) is 0 Å². The van der Waals surface area contributed by atoms with Crippen molar-refractivity contribution in [2.45, 2.75) is 6.04 Å². The highest BCUT2D eigenvalue weighted by Gasteiger charge is 2.35. The summed E-state index contributed by atoms with van der Waals surface area (Å²) in [6.45, 7) is 4.97. The minimum Gasteiger partial charge on any atom is -0.497 e. The molecule has 1 aliphatic heterocycles. The van der Waals surface area contributed by atoms with Crippen molar-refractivity contribution in [1.29, 1.82) is 0 Å². The summed E-state index contributed by atoms with van der Waals surface area (Å²) in [4.78, 5) is 8.66. The van der Waals surface area contributed by atoms with Crippen molar-refractivity contribution in [3.63, 3.8) is 0 Å². The molecule has 144 valence electrons. The number of benzene rings is 1. The maximum Gasteiger partial charge on any atom is 0.235 e. The largest absolute Gasteiger partial charge is 0.497 e. The average Bonchev–Trinajstić information content (AvgIpc) is 3.28. The SMILES string of the molecule is COc1ccc([C@H](c2sc3ncnn3c2O)[NH+]2CC[NH+](CCO)CC2)cc1. The van der Waals surface area contributed by atoms with Crippen molar-refractivity contribution >= 4 is 16.3 Å². The van der Waals surface area contributed by atoms with Gasteiger partial charge in [-0.15, -0.1) is 0 Å². The summed E-state index contributed by atoms with van der Waals surface area (Å²) in [5.74, 6) is 0.988. The van der Waals surface area contributed by atoms with Gasteiger partial charge in [0.25, 0.3) is 0 Å². The molecule has 0 saturated carbocycles. The lowest BCUT2D eigenvalue weighted by Gasteiger charge is -2.34. The minimum absolute atomic E-state index is 0.0140. The van der Waals surface area contributed by atoms with Gasteiger partial charge in [0.05, 0.1) is 13.7 Å². The fourth-order valence-corrected chi connectivity index (χ4v) is 4.99. The van der Waals surface area contributed by atoms with Crippen LogP contribution in [-0.2, 0) is 0 Å². The summed E-state index contributed by atoms with van der Waals surface area (Å²) in [6.07, 6.45) is 1.46. The first-order chi connectivity index (χ1) is 13.2. The van der Waals surface area contributed by atoms with Gasteiger partial charge in [-0.2, -0.15) is 9.61 Å². The second-order valence-corrected chi connectivity index (χ2v) is 7.84. The molecule has 0 amide bonds. The Labute approximate surface area is 161 Å². The monoisotopic (exact) mass is 391 g/mol. The first-order valence-corrected chi connectivity index (χ1v) is 9.97. The quantitative estimate of drug-likeness (QED) is 0.405. The van der Waals surface area contributed by atoms with Crippen LogP contribution in [0.5, 0.6) is 11.6 Å². The molecule has 1 fully saturated rings. The highest BCUT2D eigenvalue weighted by molar-refractivity contribution is 7.17. The molecule has 1 saturated heterocycles. The molecule has 2 aromatic heterocycles. The number of fused-ring (bicyclic) bond motifs is 1. The normalized spacial score (nSPS) is 21.4. The number of rotatable bonds is 6. The van der Waals surface area contributed by atoms with Gasteiger partial charge in [0.1, 0.15) is 49.7 Å². The van der Waals surface area contributed by atoms with Crippen LogP contribution in [0.1, 0.15) is 16.5 Å². The smallest absolute Gasteiger partial charge is 0.235 e. The number of methoxy groups -OCH3 is 1. The highest BCUT2D eigenvalue weighted by atomic mass is 32.1. The summed E-state index contributed by atoms with van der Waals surface area (Å²) in [5.41, 5.74) is 1.14. The lowest BCUT2D eigenvalue weighted by molar-refractivity contribution is -1.02. The molecule has 0 bridgehead atoms. The van der Waals surface area contributed by atoms with Crippen LogP contribution >= 0.6 is 11.3 Å². The molecular weight excluding hydrogens is 366 g/mol. The van der Waals surface area contributed by atoms with E-state index in [9.17, 15) is 10.2 Å². The van der Waals surface area contributed by atoms with Crippen molar-refractivity contribution in [3.8, 4) is 11.6 Å². The third-order valence-electron chi connectivity index (χ3n) is 5.32. The lowest BCUT2D eigenvalue weighted by atomic mass is 10.0. The van der Waals surface area contributed by atoms with Gasteiger partial charge in [-0.05, 0) is 24.3 Å². The van der Waals surface area contributed by atoms with Crippen molar-refractivity contribution in [2.24, 2.45) is 0 Å². The van der Waals surface area contributed by atoms with Gasteiger partial charge < -0.3 is 24.7 Å². The zero-order valence-corrected chi connectivity index (χ0v) is 16.1. The second-order valence-electron chi connectivity index (χ2n) is 6.83. The molecule has 4 N–H and O–H groups in total. The number of nitrogens with one attached hydrogen (secondary N) is 2. The number of thiazole rings is 1. The van der Waals surface area contributed by atoms with Crippen LogP contribution in [0.15, 0.2) is 30.6 Å². The van der Waals surface area contributed by atoms with Gasteiger partial charge in [0.15, 0.2) is 6.04 Å². The number of hydrogen-bond acceptors (Lipinski definition) is 6. The van der Waals surface area contributed by atoms with E-state index in [-0.39, 0.29) is 18.5 Å². The number of nitrogens with zero attached hydrogens (tertiary/aromatic N) is 3. The number of quaternary nitrogens is 2. The number of aromatic nitrogens is 3. The summed E-state index contributed by atoms with van der Waals surface area (Å²) < 4.78 is 6.80. The number of aliphatic hydroxyl groups is 1. The van der Waals surface area contributed by atoms with Gasteiger partial charge in [0.2, 0.25) is 10.8 Å². The van der Waals surface area contributed by atoms with E-state index in [1.54, 1.807) is 7.11 Å². The topological polar surface area (TPSA) is 88.8 Å². The summed E-state index contributed by atoms with van der Waals surface area (Å²) in [6, 6.07) is 8.07. The molecule has 3 heterocycles. The molecule has 0 radical (unpaired) electrons. The van der Waals surface area contributed by atoms with Crippen LogP contribution in [0.3, 0.4) is 0 Å². The number of aliphatic hydroxyl groups excluding tert-OH is 1. The number of ether oxygens (including phenoxy) is 1. The molecule has 1 aliphatic rings. The third-order valence-corrected chi connectivity index (χ3v) is 6.42. The zero-order chi connectivity index (χ0) is 18.8. The Morgan fingerprint density at radius 1 is 1.22 bits per heavy atom. The van der Waals surface area contributed by atoms with E-state index in [0.717, 1.165) is 48.9 Å². The van der Waals surface area contributed by atoms with E-state index in [4.69, 9.17) is 4.74 Å². The van der Waals surface area contributed by atoms with Crippen molar-refractivity contribution < 1.29 is 24.7 Å². The second kappa shape index (κ2) is 7.81. The summed E-state index contributed by atoms with van der Waals surface area (Å²) >= 11 is 1.49. The molecule has 0 aliphatic carbocycles. The Kier molecular flexibility index (Phi) is 5.26. The molecule has 4 rings (SSSR count). The summed E-state index contributed by atoms with van der Waals surface area (Å²) in [5, 5.41) is 24.1. The van der Waals surface area contributed by atoms with E-state index in [0.29, 0.717) is 4.96 Å². The van der Waals surface area contributed by atoms with E-state index in [2.05, 4.69) is 22.2 Å². The number of hydrogen-bond donors (Lipinski definition) is 4. The average molecular weight is 391 g/mol. The van der Waals surface area contributed by atoms with Gasteiger partial charge >= 0.3 is 0 Å². The van der Waals surface area contributed by atoms with E-state index in [1.165, 1.54) is 32.0 Å². The fraction of sp³-hybridized carbons (Fsp3) is 0.444. The Bertz CT molecular complexity index is 886. The predicted molar refractivity (Wildman–Crippen MR) is 101 cm³/mol. The Morgan fingerprint density at radius 2 is 1.96 bits per heavy atom. The summed E-state index contributed by atoms with van der Waals surface area (Å²) in [7, 11) is 1.66. The standard InChI is InChI=1S/C18H23N5O3S/c1-26-14-4-2-13(3-5-14)15(22-8-6-21(7-9-22)10-11-24)16-17(25)23-18(27-16)19-12-20-23/h2-5,12,15,24-25H,6-11H2,1H3/p+2/t15-/m1/s1. The molecule has 1 aromatic carbocycles. The zero-order valence-electron chi connectivity index (χ0n) is 15.3. The molecule has 27 heavy (non-hydrogen) atoms. The molecule has 9 heteroatoms. The van der Waals surface area contributed by atoms with Gasteiger partial charge in [-0.1, -0.05) is 11.3 Å². The maximum absolute atomic E-state index is 10.8. The molecule has 1 atom stereocenters. The van der Waals surface area contributed by atoms with Crippen LogP contribution < -0.4 is 14.5 Å². The lowest BCUT2D eigenvalue weighted by Crippen LogP contribution is -3.28. The van der Waals surface area contributed by atoms with Crippen LogP contribution in [0.2, 0.25) is 0 Å². The Hall–Kier alpha value is -2.20. The van der Waals surface area contributed by atoms with Crippen LogP contribution in [-0.4, -0.2) is 71.3 Å². The van der Waals surface area contributed by atoms with E-state index >= 15 is 0 Å². The van der Waals surface area contributed by atoms with Gasteiger partial charge in [-0.25, -0.2) is 4.98 Å². The molecule has 0 unspecified atom stereocenters. The van der Waals surface area contributed by atoms with Gasteiger partial charge in [-0.3, -0.25) is 0 Å². The molecule has 0 spiro atoms. The molecular formula is C18H25N5O3S+2. The number of piperazine rings is 1. The van der Waals surface area contributed by atoms with E-state index in [1.807, 2.05) is 12.1 Å². The third kappa shape index (κ3) is 3.51. The van der Waals surface area contributed by atoms with Crippen molar-refractivity contribution in [1.82, 2.24) is 14.6 Å². The first kappa shape index (κ1) is 18.2. The maximum atomic E-state index is 10.8. The Balaban J connectivity index is 1.69. The van der Waals surface area contributed by atoms with Crippen LogP contribution in [0.25, 0.3) is 4.96 Å². The van der Waals surface area contributed by atoms with Crippen LogP contribution in [0, 0.1) is 0 Å². The molecule has 3 aromatic rings.